The highest BCUT2D eigenvalue weighted by Crippen LogP contribution is 2.37. The number of halogens is 1. The lowest BCUT2D eigenvalue weighted by Gasteiger charge is -2.23. The number of hydrogen-bond donors (Lipinski definition) is 1. The van der Waals surface area contributed by atoms with E-state index in [1.54, 1.807) is 19.2 Å². The van der Waals surface area contributed by atoms with E-state index in [2.05, 4.69) is 21.2 Å². The van der Waals surface area contributed by atoms with E-state index in [0.29, 0.717) is 41.3 Å². The van der Waals surface area contributed by atoms with Crippen molar-refractivity contribution in [1.29, 1.82) is 0 Å². The fourth-order valence-electron chi connectivity index (χ4n) is 2.01. The maximum absolute atomic E-state index is 12.4. The van der Waals surface area contributed by atoms with Crippen LogP contribution in [0.5, 0.6) is 11.5 Å². The second-order valence-electron chi connectivity index (χ2n) is 4.11. The summed E-state index contributed by atoms with van der Waals surface area (Å²) in [6, 6.07) is 3.12. The molecule has 6 heteroatoms. The molecule has 1 N–H and O–H groups in total. The number of morpholine rings is 1. The van der Waals surface area contributed by atoms with Gasteiger partial charge in [-0.2, -0.15) is 0 Å². The summed E-state index contributed by atoms with van der Waals surface area (Å²) in [7, 11) is 3.10. The molecule has 1 unspecified atom stereocenters. The van der Waals surface area contributed by atoms with Crippen LogP contribution < -0.4 is 14.8 Å². The van der Waals surface area contributed by atoms with E-state index in [4.69, 9.17) is 14.2 Å². The molecule has 1 aliphatic heterocycles. The minimum atomic E-state index is -0.331. The van der Waals surface area contributed by atoms with Crippen LogP contribution in [-0.2, 0) is 4.74 Å². The largest absolute Gasteiger partial charge is 0.495 e. The fraction of sp³-hybridized carbons (Fsp3) is 0.462. The normalized spacial score (nSPS) is 19.0. The van der Waals surface area contributed by atoms with E-state index in [1.807, 2.05) is 0 Å². The molecule has 1 aliphatic rings. The van der Waals surface area contributed by atoms with Crippen LogP contribution in [0.2, 0.25) is 0 Å². The van der Waals surface area contributed by atoms with Gasteiger partial charge in [0.15, 0.2) is 5.78 Å². The van der Waals surface area contributed by atoms with Crippen molar-refractivity contribution in [3.8, 4) is 11.5 Å². The monoisotopic (exact) mass is 329 g/mol. The predicted octanol–water partition coefficient (Wildman–Crippen LogP) is 1.64. The number of carbonyl (C=O) groups is 1. The van der Waals surface area contributed by atoms with Crippen LogP contribution in [-0.4, -0.2) is 45.8 Å². The van der Waals surface area contributed by atoms with Crippen molar-refractivity contribution in [3.05, 3.63) is 22.2 Å². The Hall–Kier alpha value is -1.11. The zero-order valence-corrected chi connectivity index (χ0v) is 12.5. The van der Waals surface area contributed by atoms with Gasteiger partial charge in [0.05, 0.1) is 39.0 Å². The predicted molar refractivity (Wildman–Crippen MR) is 74.2 cm³/mol. The van der Waals surface area contributed by atoms with Crippen LogP contribution >= 0.6 is 15.9 Å². The molecule has 1 aromatic carbocycles. The minimum absolute atomic E-state index is 0.0418. The first-order valence-corrected chi connectivity index (χ1v) is 6.74. The van der Waals surface area contributed by atoms with E-state index in [0.717, 1.165) is 0 Å². The van der Waals surface area contributed by atoms with Gasteiger partial charge in [-0.3, -0.25) is 4.79 Å². The molecule has 0 amide bonds. The molecule has 0 aromatic heterocycles. The average Bonchev–Trinajstić information content (AvgIpc) is 2.47. The van der Waals surface area contributed by atoms with Gasteiger partial charge in [-0.05, 0) is 28.1 Å². The Balaban J connectivity index is 2.33. The molecule has 104 valence electrons. The number of benzene rings is 1. The standard InChI is InChI=1S/C13H16BrNO4/c1-17-10-4-3-8(13(18-2)11(10)14)12(16)9-7-19-6-5-15-9/h3-4,9,15H,5-7H2,1-2H3. The second-order valence-corrected chi connectivity index (χ2v) is 4.90. The third kappa shape index (κ3) is 2.91. The molecular formula is C13H16BrNO4. The highest BCUT2D eigenvalue weighted by atomic mass is 79.9. The number of carbonyl (C=O) groups excluding carboxylic acids is 1. The second kappa shape index (κ2) is 6.36. The first-order chi connectivity index (χ1) is 9.19. The van der Waals surface area contributed by atoms with Crippen LogP contribution in [0.25, 0.3) is 0 Å². The van der Waals surface area contributed by atoms with Gasteiger partial charge in [-0.25, -0.2) is 0 Å². The van der Waals surface area contributed by atoms with Gasteiger partial charge in [0.25, 0.3) is 0 Å². The first kappa shape index (κ1) is 14.3. The smallest absolute Gasteiger partial charge is 0.185 e. The number of nitrogens with one attached hydrogen (secondary N) is 1. The fourth-order valence-corrected chi connectivity index (χ4v) is 2.68. The minimum Gasteiger partial charge on any atom is -0.495 e. The highest BCUT2D eigenvalue weighted by Gasteiger charge is 2.26. The molecule has 1 atom stereocenters. The molecule has 0 saturated carbocycles. The van der Waals surface area contributed by atoms with Crippen molar-refractivity contribution < 1.29 is 19.0 Å². The molecule has 2 rings (SSSR count). The van der Waals surface area contributed by atoms with Crippen LogP contribution in [0.3, 0.4) is 0 Å². The topological polar surface area (TPSA) is 56.8 Å². The summed E-state index contributed by atoms with van der Waals surface area (Å²) < 4.78 is 16.5. The molecule has 1 fully saturated rings. The van der Waals surface area contributed by atoms with Crippen molar-refractivity contribution in [2.75, 3.05) is 34.0 Å². The summed E-state index contributed by atoms with van der Waals surface area (Å²) in [4.78, 5) is 12.4. The van der Waals surface area contributed by atoms with E-state index in [9.17, 15) is 4.79 Å². The Morgan fingerprint density at radius 3 is 2.79 bits per heavy atom. The molecule has 0 spiro atoms. The van der Waals surface area contributed by atoms with Crippen LogP contribution in [0.15, 0.2) is 16.6 Å². The molecule has 5 nitrogen and oxygen atoms in total. The van der Waals surface area contributed by atoms with Crippen LogP contribution in [0.4, 0.5) is 0 Å². The summed E-state index contributed by atoms with van der Waals surface area (Å²) in [6.07, 6.45) is 0. The number of ketones is 1. The van der Waals surface area contributed by atoms with Crippen molar-refractivity contribution in [2.45, 2.75) is 6.04 Å². The molecule has 1 heterocycles. The van der Waals surface area contributed by atoms with Gasteiger partial charge in [0.2, 0.25) is 0 Å². The summed E-state index contributed by atoms with van der Waals surface area (Å²) in [5, 5.41) is 3.14. The third-order valence-corrected chi connectivity index (χ3v) is 3.74. The van der Waals surface area contributed by atoms with Crippen LogP contribution in [0, 0.1) is 0 Å². The molecule has 1 aromatic rings. The zero-order chi connectivity index (χ0) is 13.8. The number of hydrogen-bond acceptors (Lipinski definition) is 5. The first-order valence-electron chi connectivity index (χ1n) is 5.95. The van der Waals surface area contributed by atoms with Gasteiger partial charge in [0, 0.05) is 6.54 Å². The SMILES string of the molecule is COc1ccc(C(=O)C2COCCN2)c(OC)c1Br. The lowest BCUT2D eigenvalue weighted by atomic mass is 10.0. The lowest BCUT2D eigenvalue weighted by Crippen LogP contribution is -2.46. The molecule has 19 heavy (non-hydrogen) atoms. The molecular weight excluding hydrogens is 314 g/mol. The number of rotatable bonds is 4. The Bertz CT molecular complexity index is 472. The van der Waals surface area contributed by atoms with E-state index < -0.39 is 0 Å². The van der Waals surface area contributed by atoms with E-state index in [1.165, 1.54) is 7.11 Å². The Morgan fingerprint density at radius 2 is 2.21 bits per heavy atom. The van der Waals surface area contributed by atoms with Gasteiger partial charge < -0.3 is 19.5 Å². The molecule has 0 bridgehead atoms. The molecule has 0 aliphatic carbocycles. The van der Waals surface area contributed by atoms with Crippen molar-refractivity contribution in [2.24, 2.45) is 0 Å². The summed E-state index contributed by atoms with van der Waals surface area (Å²) in [5.74, 6) is 1.07. The molecule has 0 radical (unpaired) electrons. The van der Waals surface area contributed by atoms with Crippen LogP contribution in [0.1, 0.15) is 10.4 Å². The van der Waals surface area contributed by atoms with E-state index in [-0.39, 0.29) is 11.8 Å². The summed E-state index contributed by atoms with van der Waals surface area (Å²) >= 11 is 3.39. The summed E-state index contributed by atoms with van der Waals surface area (Å²) in [5.41, 5.74) is 0.512. The lowest BCUT2D eigenvalue weighted by molar-refractivity contribution is 0.0605. The number of ether oxygens (including phenoxy) is 3. The van der Waals surface area contributed by atoms with Gasteiger partial charge >= 0.3 is 0 Å². The Kier molecular flexibility index (Phi) is 4.79. The maximum Gasteiger partial charge on any atom is 0.185 e. The zero-order valence-electron chi connectivity index (χ0n) is 10.9. The quantitative estimate of drug-likeness (QED) is 0.851. The Labute approximate surface area is 120 Å². The van der Waals surface area contributed by atoms with Gasteiger partial charge in [-0.1, -0.05) is 0 Å². The highest BCUT2D eigenvalue weighted by molar-refractivity contribution is 9.10. The maximum atomic E-state index is 12.4. The van der Waals surface area contributed by atoms with Gasteiger partial charge in [0.1, 0.15) is 16.0 Å². The average molecular weight is 330 g/mol. The summed E-state index contributed by atoms with van der Waals surface area (Å²) in [6.45, 7) is 1.69. The number of methoxy groups -OCH3 is 2. The molecule has 1 saturated heterocycles. The van der Waals surface area contributed by atoms with Gasteiger partial charge in [-0.15, -0.1) is 0 Å². The van der Waals surface area contributed by atoms with Crippen molar-refractivity contribution in [3.63, 3.8) is 0 Å². The third-order valence-electron chi connectivity index (χ3n) is 2.99. The Morgan fingerprint density at radius 1 is 1.42 bits per heavy atom. The number of Topliss-reactive ketones (excluding diaryl/α,β-unsaturated/α-hetero) is 1. The van der Waals surface area contributed by atoms with E-state index >= 15 is 0 Å². The van der Waals surface area contributed by atoms with Crippen molar-refractivity contribution in [1.82, 2.24) is 5.32 Å². The van der Waals surface area contributed by atoms with Crippen molar-refractivity contribution >= 4 is 21.7 Å².